The van der Waals surface area contributed by atoms with Crippen molar-refractivity contribution in [3.63, 3.8) is 0 Å². The lowest BCUT2D eigenvalue weighted by atomic mass is 9.55. The molecule has 0 aromatic heterocycles. The molecule has 5 heterocycles. The van der Waals surface area contributed by atoms with E-state index in [1.54, 1.807) is 47.6 Å². The monoisotopic (exact) mass is 878 g/mol. The highest BCUT2D eigenvalue weighted by molar-refractivity contribution is 6.10. The molecular formula is C45H62N6O12. The highest BCUT2D eigenvalue weighted by atomic mass is 16.4. The van der Waals surface area contributed by atoms with E-state index in [1.165, 1.54) is 0 Å². The van der Waals surface area contributed by atoms with Gasteiger partial charge in [0.15, 0.2) is 0 Å². The molecule has 0 aromatic rings. The van der Waals surface area contributed by atoms with Crippen molar-refractivity contribution in [1.82, 2.24) is 5.32 Å². The third-order valence-electron chi connectivity index (χ3n) is 15.3. The van der Waals surface area contributed by atoms with Crippen LogP contribution in [0.2, 0.25) is 0 Å². The van der Waals surface area contributed by atoms with Gasteiger partial charge in [0.05, 0.1) is 18.0 Å². The van der Waals surface area contributed by atoms with Gasteiger partial charge in [0.25, 0.3) is 0 Å². The van der Waals surface area contributed by atoms with Crippen LogP contribution in [0.5, 0.6) is 0 Å². The third kappa shape index (κ3) is 8.56. The molecular weight excluding hydrogens is 817 g/mol. The molecule has 63 heavy (non-hydrogen) atoms. The molecule has 8 bridgehead atoms. The molecule has 5 rings (SSSR count). The van der Waals surface area contributed by atoms with Crippen LogP contribution in [0, 0.1) is 45.3 Å². The molecule has 0 unspecified atom stereocenters. The molecule has 18 nitrogen and oxygen atoms in total. The van der Waals surface area contributed by atoms with Gasteiger partial charge in [-0.15, -0.1) is 0 Å². The Balaban J connectivity index is 2.03. The molecule has 9 atom stereocenters. The molecule has 1 saturated heterocycles. The number of carbonyl (C=O) groups excluding carboxylic acids is 2. The number of aliphatic imine (C=N–C) groups is 3. The molecule has 0 aromatic carbocycles. The fourth-order valence-electron chi connectivity index (χ4n) is 11.8. The van der Waals surface area contributed by atoms with Crippen LogP contribution in [-0.2, 0) is 33.6 Å². The summed E-state index contributed by atoms with van der Waals surface area (Å²) in [6.07, 6.45) is -0.470. The maximum absolute atomic E-state index is 13.3. The van der Waals surface area contributed by atoms with Crippen molar-refractivity contribution >= 4 is 58.8 Å². The summed E-state index contributed by atoms with van der Waals surface area (Å²) in [7, 11) is 0. The second kappa shape index (κ2) is 17.1. The highest BCUT2D eigenvalue weighted by Crippen LogP contribution is 2.62. The average Bonchev–Trinajstić information content (AvgIpc) is 3.75. The van der Waals surface area contributed by atoms with Crippen LogP contribution < -0.4 is 16.8 Å². The van der Waals surface area contributed by atoms with Crippen LogP contribution in [-0.4, -0.2) is 95.9 Å². The van der Waals surface area contributed by atoms with Gasteiger partial charge in [-0.25, -0.2) is 0 Å². The maximum Gasteiger partial charge on any atom is 0.303 e. The van der Waals surface area contributed by atoms with Crippen LogP contribution in [0.1, 0.15) is 126 Å². The normalized spacial score (nSPS) is 35.0. The maximum atomic E-state index is 13.3. The SMILES string of the molecule is CC1=C2N/C(=C\C3=NC(=C(/C)C4=N[C@H]([C@H](CC(=O)O)[C@@]4(C)CCC(=O)O)[C@]4(C)N=C1[C@@H](CCC(=O)O)[C@]4(C)CC(N)=O)/[C@@H](CCC(=O)O)C3(C)C)[C@@H](CCC(=O)O)[C@]2(C)CC(N)=O. The number of carbonyl (C=O) groups is 7. The Labute approximate surface area is 366 Å². The van der Waals surface area contributed by atoms with Gasteiger partial charge in [0.1, 0.15) is 0 Å². The van der Waals surface area contributed by atoms with E-state index in [4.69, 9.17) is 26.4 Å². The number of nitrogens with two attached hydrogens (primary N) is 2. The van der Waals surface area contributed by atoms with Crippen LogP contribution in [0.25, 0.3) is 0 Å². The zero-order valence-corrected chi connectivity index (χ0v) is 37.3. The van der Waals surface area contributed by atoms with Gasteiger partial charge >= 0.3 is 29.8 Å². The lowest BCUT2D eigenvalue weighted by Crippen LogP contribution is -2.55. The lowest BCUT2D eigenvalue weighted by Gasteiger charge is -2.48. The first-order valence-corrected chi connectivity index (χ1v) is 21.4. The summed E-state index contributed by atoms with van der Waals surface area (Å²) in [6.45, 7) is 14.4. The van der Waals surface area contributed by atoms with Gasteiger partial charge in [-0.3, -0.25) is 48.5 Å². The first-order chi connectivity index (χ1) is 29.0. The van der Waals surface area contributed by atoms with E-state index < -0.39 is 105 Å². The number of aliphatic carboxylic acids is 5. The Hall–Kier alpha value is -5.68. The predicted octanol–water partition coefficient (Wildman–Crippen LogP) is 4.72. The molecule has 18 heteroatoms. The largest absolute Gasteiger partial charge is 0.481 e. The Morgan fingerprint density at radius 1 is 0.683 bits per heavy atom. The Kier molecular flexibility index (Phi) is 13.1. The molecule has 5 aliphatic heterocycles. The van der Waals surface area contributed by atoms with Crippen LogP contribution >= 0.6 is 0 Å². The first kappa shape index (κ1) is 48.4. The Morgan fingerprint density at radius 3 is 1.71 bits per heavy atom. The zero-order valence-electron chi connectivity index (χ0n) is 37.3. The van der Waals surface area contributed by atoms with Crippen LogP contribution in [0.4, 0.5) is 0 Å². The van der Waals surface area contributed by atoms with Crippen LogP contribution in [0.3, 0.4) is 0 Å². The second-order valence-electron chi connectivity index (χ2n) is 19.6. The number of nitrogens with zero attached hydrogens (tertiary/aromatic N) is 3. The van der Waals surface area contributed by atoms with E-state index in [9.17, 15) is 59.1 Å². The third-order valence-corrected chi connectivity index (χ3v) is 15.3. The molecule has 0 radical (unpaired) electrons. The van der Waals surface area contributed by atoms with E-state index in [0.717, 1.165) is 0 Å². The number of carboxylic acids is 5. The molecule has 344 valence electrons. The van der Waals surface area contributed by atoms with Crippen LogP contribution in [0.15, 0.2) is 49.3 Å². The number of rotatable bonds is 18. The van der Waals surface area contributed by atoms with Crippen molar-refractivity contribution in [1.29, 1.82) is 0 Å². The molecule has 0 aliphatic carbocycles. The van der Waals surface area contributed by atoms with Crippen molar-refractivity contribution in [3.05, 3.63) is 34.3 Å². The van der Waals surface area contributed by atoms with Crippen molar-refractivity contribution in [2.24, 2.45) is 71.8 Å². The second-order valence-corrected chi connectivity index (χ2v) is 19.6. The number of fused-ring (bicyclic) bond motifs is 6. The van der Waals surface area contributed by atoms with Crippen molar-refractivity contribution in [2.45, 2.75) is 138 Å². The molecule has 0 saturated carbocycles. The quantitative estimate of drug-likeness (QED) is 0.0925. The smallest absolute Gasteiger partial charge is 0.303 e. The van der Waals surface area contributed by atoms with E-state index in [0.29, 0.717) is 45.4 Å². The standard InChI is InChI=1S/C45H62N6O12/c1-21-36-24(10-13-32(56)57)41(3,4)28(49-36)18-27-23(9-12-31(54)55)43(6,19-29(46)52)39(48-27)22(2)37-25(11-14-33(58)59)44(7,20-30(47)53)45(8,51-37)40-26(17-35(62)63)42(5,38(21)50-40)16-15-34(60)61/h18,23-26,40,48H,9-17,19-20H2,1-8H3,(H2,46,52)(H2,47,53)(H,54,55)(H,56,57)(H,58,59)(H,60,61)(H,62,63)/b27-18-,36-21-,39-22?/t23-,24-,25-,26+,40-,42-,43+,44+,45+/m1/s1. The van der Waals surface area contributed by atoms with E-state index in [-0.39, 0.29) is 64.2 Å². The number of hydrogen-bond acceptors (Lipinski definition) is 11. The fraction of sp³-hybridized carbons (Fsp3) is 0.644. The molecule has 0 spiro atoms. The van der Waals surface area contributed by atoms with Gasteiger partial charge < -0.3 is 42.3 Å². The summed E-state index contributed by atoms with van der Waals surface area (Å²) in [4.78, 5) is 104. The Morgan fingerprint density at radius 2 is 1.21 bits per heavy atom. The minimum atomic E-state index is -1.52. The van der Waals surface area contributed by atoms with Gasteiger partial charge in [-0.2, -0.15) is 0 Å². The zero-order chi connectivity index (χ0) is 47.4. The first-order valence-electron chi connectivity index (χ1n) is 21.4. The molecule has 1 fully saturated rings. The van der Waals surface area contributed by atoms with E-state index in [2.05, 4.69) is 5.32 Å². The average molecular weight is 879 g/mol. The number of amides is 2. The summed E-state index contributed by atoms with van der Waals surface area (Å²) in [5.41, 5.74) is 9.44. The number of primary amides is 2. The lowest BCUT2D eigenvalue weighted by molar-refractivity contribution is -0.140. The van der Waals surface area contributed by atoms with E-state index >= 15 is 0 Å². The van der Waals surface area contributed by atoms with Gasteiger partial charge in [0, 0.05) is 118 Å². The van der Waals surface area contributed by atoms with E-state index in [1.807, 2.05) is 13.8 Å². The summed E-state index contributed by atoms with van der Waals surface area (Å²) in [5, 5.41) is 54.2. The minimum absolute atomic E-state index is 0.0433. The highest BCUT2D eigenvalue weighted by Gasteiger charge is 2.66. The van der Waals surface area contributed by atoms with Gasteiger partial charge in [-0.05, 0) is 63.7 Å². The molecule has 5 aliphatic rings. The van der Waals surface area contributed by atoms with Crippen molar-refractivity contribution < 1.29 is 59.1 Å². The van der Waals surface area contributed by atoms with Gasteiger partial charge in [0.2, 0.25) is 11.8 Å². The fourth-order valence-corrected chi connectivity index (χ4v) is 11.8. The van der Waals surface area contributed by atoms with Gasteiger partial charge in [-0.1, -0.05) is 34.6 Å². The molecule has 10 N–H and O–H groups in total. The summed E-state index contributed by atoms with van der Waals surface area (Å²) in [5.74, 6) is -10.0. The Bertz CT molecular complexity index is 2220. The van der Waals surface area contributed by atoms with Crippen molar-refractivity contribution in [2.75, 3.05) is 0 Å². The molecule has 2 amide bonds. The minimum Gasteiger partial charge on any atom is -0.481 e. The summed E-state index contributed by atoms with van der Waals surface area (Å²) in [6, 6.07) is -1.07. The number of allylic oxidation sites excluding steroid dienone is 6. The number of hydrogen-bond donors (Lipinski definition) is 8. The number of carboxylic acid groups (broad SMARTS) is 5. The predicted molar refractivity (Wildman–Crippen MR) is 231 cm³/mol. The van der Waals surface area contributed by atoms with Crippen molar-refractivity contribution in [3.8, 4) is 0 Å². The summed E-state index contributed by atoms with van der Waals surface area (Å²) < 4.78 is 0. The summed E-state index contributed by atoms with van der Waals surface area (Å²) >= 11 is 0. The number of nitrogens with one attached hydrogen (secondary N) is 1. The topological polar surface area (TPSA) is 322 Å².